The van der Waals surface area contributed by atoms with E-state index in [4.69, 9.17) is 4.74 Å². The van der Waals surface area contributed by atoms with Crippen molar-refractivity contribution < 1.29 is 29.2 Å². The molecule has 0 spiro atoms. The van der Waals surface area contributed by atoms with E-state index in [0.717, 1.165) is 22.5 Å². The molecule has 134 valence electrons. The van der Waals surface area contributed by atoms with Crippen molar-refractivity contribution in [3.8, 4) is 0 Å². The molecule has 9 nitrogen and oxygen atoms in total. The van der Waals surface area contributed by atoms with Crippen LogP contribution in [0.4, 0.5) is 4.39 Å². The Labute approximate surface area is 140 Å². The van der Waals surface area contributed by atoms with Gasteiger partial charge in [0, 0.05) is 6.92 Å². The smallest absolute Gasteiger partial charge is 0.309 e. The van der Waals surface area contributed by atoms with Crippen LogP contribution in [0.15, 0.2) is 16.1 Å². The molecular formula is C13H18FN3O6S. The molecule has 1 fully saturated rings. The monoisotopic (exact) mass is 363 g/mol. The Hall–Kier alpha value is -1.53. The highest BCUT2D eigenvalue weighted by Gasteiger charge is 2.46. The maximum Gasteiger partial charge on any atom is 0.309 e. The number of amides is 1. The molecule has 1 aliphatic heterocycles. The number of nitrogens with zero attached hydrogens (tertiary/aromatic N) is 2. The molecule has 0 unspecified atom stereocenters. The summed E-state index contributed by atoms with van der Waals surface area (Å²) >= 11 is 1.03. The average molecular weight is 363 g/mol. The zero-order valence-corrected chi connectivity index (χ0v) is 13.7. The van der Waals surface area contributed by atoms with Gasteiger partial charge in [0.25, 0.3) is 0 Å². The summed E-state index contributed by atoms with van der Waals surface area (Å²) in [5.41, 5.74) is -1.05. The van der Waals surface area contributed by atoms with Crippen LogP contribution in [0, 0.1) is 5.82 Å². The molecule has 0 saturated carbocycles. The van der Waals surface area contributed by atoms with E-state index in [0.29, 0.717) is 0 Å². The second kappa shape index (κ2) is 7.57. The third kappa shape index (κ3) is 3.59. The standard InChI is InChI=1S/C13H18FN3O6S/c1-5(19)15-8-10(21)9(20)7(4-18)23-12(8)17-3-6(14)11(22)16-13(17)24-2/h3,7-10,12,18,20-21H,4H2,1-2H3,(H,15,19)/t7-,8-,9-,10-,12-/m1/s1. The van der Waals surface area contributed by atoms with Crippen molar-refractivity contribution in [2.24, 2.45) is 0 Å². The molecule has 11 heteroatoms. The van der Waals surface area contributed by atoms with Crippen LogP contribution in [0.25, 0.3) is 0 Å². The fourth-order valence-corrected chi connectivity index (χ4v) is 3.03. The van der Waals surface area contributed by atoms with Crippen molar-refractivity contribution in [3.05, 3.63) is 22.4 Å². The molecule has 1 amide bonds. The molecule has 2 rings (SSSR count). The molecule has 1 saturated heterocycles. The molecule has 0 bridgehead atoms. The van der Waals surface area contributed by atoms with Gasteiger partial charge in [-0.1, -0.05) is 11.8 Å². The number of rotatable bonds is 4. The van der Waals surface area contributed by atoms with Gasteiger partial charge in [-0.05, 0) is 6.26 Å². The van der Waals surface area contributed by atoms with Crippen molar-refractivity contribution in [2.45, 2.75) is 42.7 Å². The first kappa shape index (κ1) is 18.8. The Balaban J connectivity index is 2.52. The van der Waals surface area contributed by atoms with Gasteiger partial charge in [0.05, 0.1) is 12.8 Å². The number of ether oxygens (including phenoxy) is 1. The van der Waals surface area contributed by atoms with E-state index in [1.807, 2.05) is 0 Å². The number of carbonyl (C=O) groups excluding carboxylic acids is 1. The van der Waals surface area contributed by atoms with Crippen LogP contribution < -0.4 is 10.9 Å². The summed E-state index contributed by atoms with van der Waals surface area (Å²) in [5, 5.41) is 32.0. The van der Waals surface area contributed by atoms with Gasteiger partial charge >= 0.3 is 5.56 Å². The van der Waals surface area contributed by atoms with Gasteiger partial charge < -0.3 is 25.4 Å². The molecule has 1 aromatic heterocycles. The summed E-state index contributed by atoms with van der Waals surface area (Å²) in [6, 6.07) is -1.14. The first-order chi connectivity index (χ1) is 11.3. The van der Waals surface area contributed by atoms with Gasteiger partial charge in [-0.3, -0.25) is 14.2 Å². The summed E-state index contributed by atoms with van der Waals surface area (Å²) in [6.45, 7) is 0.597. The van der Waals surface area contributed by atoms with Crippen LogP contribution >= 0.6 is 11.8 Å². The van der Waals surface area contributed by atoms with Crippen molar-refractivity contribution in [3.63, 3.8) is 0 Å². The molecule has 2 heterocycles. The highest BCUT2D eigenvalue weighted by molar-refractivity contribution is 7.98. The SMILES string of the molecule is CSc1nc(=O)c(F)cn1[C@@H]1O[C@H](CO)[C@@H](O)[C@H](O)[C@H]1NC(C)=O. The Morgan fingerprint density at radius 2 is 2.17 bits per heavy atom. The van der Waals surface area contributed by atoms with E-state index in [2.05, 4.69) is 10.3 Å². The molecule has 0 aromatic carbocycles. The number of carbonyl (C=O) groups is 1. The Morgan fingerprint density at radius 1 is 1.50 bits per heavy atom. The van der Waals surface area contributed by atoms with Crippen molar-refractivity contribution in [1.29, 1.82) is 0 Å². The Bertz CT molecular complexity index is 672. The van der Waals surface area contributed by atoms with Gasteiger partial charge in [0.15, 0.2) is 11.4 Å². The summed E-state index contributed by atoms with van der Waals surface area (Å²) < 4.78 is 20.3. The minimum Gasteiger partial charge on any atom is -0.394 e. The molecule has 1 aliphatic rings. The number of halogens is 1. The van der Waals surface area contributed by atoms with Crippen molar-refractivity contribution in [2.75, 3.05) is 12.9 Å². The fraction of sp³-hybridized carbons (Fsp3) is 0.615. The predicted octanol–water partition coefficient (Wildman–Crippen LogP) is -1.78. The quantitative estimate of drug-likeness (QED) is 0.364. The van der Waals surface area contributed by atoms with Crippen LogP contribution in [0.1, 0.15) is 13.2 Å². The van der Waals surface area contributed by atoms with E-state index in [1.54, 1.807) is 6.26 Å². The number of hydrogen-bond acceptors (Lipinski definition) is 8. The summed E-state index contributed by atoms with van der Waals surface area (Å²) in [4.78, 5) is 26.4. The highest BCUT2D eigenvalue weighted by Crippen LogP contribution is 2.30. The second-order valence-corrected chi connectivity index (χ2v) is 6.02. The molecule has 5 atom stereocenters. The predicted molar refractivity (Wildman–Crippen MR) is 80.9 cm³/mol. The lowest BCUT2D eigenvalue weighted by Gasteiger charge is -2.43. The summed E-state index contributed by atoms with van der Waals surface area (Å²) in [7, 11) is 0. The van der Waals surface area contributed by atoms with Crippen LogP contribution in [-0.2, 0) is 9.53 Å². The van der Waals surface area contributed by atoms with Crippen LogP contribution in [0.3, 0.4) is 0 Å². The number of aliphatic hydroxyl groups is 3. The van der Waals surface area contributed by atoms with Gasteiger partial charge in [0.2, 0.25) is 11.7 Å². The second-order valence-electron chi connectivity index (χ2n) is 5.24. The lowest BCUT2D eigenvalue weighted by Crippen LogP contribution is -2.62. The lowest BCUT2D eigenvalue weighted by molar-refractivity contribution is -0.218. The van der Waals surface area contributed by atoms with E-state index in [-0.39, 0.29) is 5.16 Å². The molecule has 0 radical (unpaired) electrons. The van der Waals surface area contributed by atoms with Gasteiger partial charge in [-0.15, -0.1) is 0 Å². The fourth-order valence-electron chi connectivity index (χ4n) is 2.49. The van der Waals surface area contributed by atoms with E-state index in [1.165, 1.54) is 6.92 Å². The number of hydrogen-bond donors (Lipinski definition) is 4. The van der Waals surface area contributed by atoms with Crippen molar-refractivity contribution in [1.82, 2.24) is 14.9 Å². The molecule has 4 N–H and O–H groups in total. The first-order valence-corrected chi connectivity index (χ1v) is 8.24. The topological polar surface area (TPSA) is 134 Å². The maximum atomic E-state index is 13.7. The number of thioether (sulfide) groups is 1. The molecule has 24 heavy (non-hydrogen) atoms. The van der Waals surface area contributed by atoms with Crippen LogP contribution in [0.2, 0.25) is 0 Å². The van der Waals surface area contributed by atoms with Gasteiger partial charge in [-0.25, -0.2) is 0 Å². The lowest BCUT2D eigenvalue weighted by atomic mass is 9.96. The minimum atomic E-state index is -1.48. The zero-order chi connectivity index (χ0) is 18.0. The van der Waals surface area contributed by atoms with Crippen LogP contribution in [-0.4, -0.2) is 68.0 Å². The van der Waals surface area contributed by atoms with E-state index >= 15 is 0 Å². The summed E-state index contributed by atoms with van der Waals surface area (Å²) in [5.74, 6) is -1.65. The third-order valence-electron chi connectivity index (χ3n) is 3.60. The largest absolute Gasteiger partial charge is 0.394 e. The normalized spacial score (nSPS) is 30.2. The van der Waals surface area contributed by atoms with E-state index in [9.17, 15) is 29.3 Å². The average Bonchev–Trinajstić information content (AvgIpc) is 2.54. The number of aliphatic hydroxyl groups excluding tert-OH is 3. The number of nitrogens with one attached hydrogen (secondary N) is 1. The molecule has 1 aromatic rings. The minimum absolute atomic E-state index is 0.0852. The number of aromatic nitrogens is 2. The third-order valence-corrected chi connectivity index (χ3v) is 4.27. The molecule has 0 aliphatic carbocycles. The highest BCUT2D eigenvalue weighted by atomic mass is 32.2. The Morgan fingerprint density at radius 3 is 2.71 bits per heavy atom. The van der Waals surface area contributed by atoms with E-state index < -0.39 is 54.5 Å². The summed E-state index contributed by atoms with van der Waals surface area (Å²) in [6.07, 6.45) is -2.84. The maximum absolute atomic E-state index is 13.7. The molecular weight excluding hydrogens is 345 g/mol. The van der Waals surface area contributed by atoms with Crippen molar-refractivity contribution >= 4 is 17.7 Å². The zero-order valence-electron chi connectivity index (χ0n) is 12.9. The van der Waals surface area contributed by atoms with Gasteiger partial charge in [0.1, 0.15) is 24.4 Å². The Kier molecular flexibility index (Phi) is 5.93. The van der Waals surface area contributed by atoms with Gasteiger partial charge in [-0.2, -0.15) is 9.37 Å². The van der Waals surface area contributed by atoms with Crippen LogP contribution in [0.5, 0.6) is 0 Å². The first-order valence-electron chi connectivity index (χ1n) is 7.02.